The Morgan fingerprint density at radius 1 is 1.13 bits per heavy atom. The predicted molar refractivity (Wildman–Crippen MR) is 147 cm³/mol. The highest BCUT2D eigenvalue weighted by Crippen LogP contribution is 2.39. The van der Waals surface area contributed by atoms with Crippen LogP contribution in [0.3, 0.4) is 0 Å². The molecule has 5 rings (SSSR count). The zero-order valence-electron chi connectivity index (χ0n) is 22.0. The molecule has 2 aromatic heterocycles. The number of aromatic nitrogens is 1. The van der Waals surface area contributed by atoms with Crippen molar-refractivity contribution < 1.29 is 23.5 Å². The SMILES string of the molecule is Cc1cc(C(C)Oc2ccc(Cl)nc2C(N)=O)c2oc(-c3ccc4c(c3)C(C)(C)OC(=O)N4)c(C)c(=O)c2c1. The van der Waals surface area contributed by atoms with Crippen LogP contribution in [0.25, 0.3) is 22.3 Å². The molecule has 2 amide bonds. The monoisotopic (exact) mass is 547 g/mol. The molecule has 0 spiro atoms. The normalized spacial score (nSPS) is 14.8. The number of amides is 2. The minimum absolute atomic E-state index is 0.102. The fourth-order valence-corrected chi connectivity index (χ4v) is 4.96. The minimum Gasteiger partial charge on any atom is -0.483 e. The first-order chi connectivity index (χ1) is 18.4. The van der Waals surface area contributed by atoms with Crippen LogP contribution in [0.5, 0.6) is 5.75 Å². The van der Waals surface area contributed by atoms with E-state index in [4.69, 9.17) is 31.2 Å². The third-order valence-electron chi connectivity index (χ3n) is 6.71. The van der Waals surface area contributed by atoms with Gasteiger partial charge in [-0.05, 0) is 82.6 Å². The molecule has 1 atom stereocenters. The van der Waals surface area contributed by atoms with Crippen LogP contribution in [0, 0.1) is 13.8 Å². The maximum absolute atomic E-state index is 13.6. The molecular weight excluding hydrogens is 522 g/mol. The third-order valence-corrected chi connectivity index (χ3v) is 6.92. The number of fused-ring (bicyclic) bond motifs is 2. The van der Waals surface area contributed by atoms with Gasteiger partial charge in [0.2, 0.25) is 0 Å². The second-order valence-electron chi connectivity index (χ2n) is 10.0. The lowest BCUT2D eigenvalue weighted by Crippen LogP contribution is -2.34. The number of carbonyl (C=O) groups excluding carboxylic acids is 2. The lowest BCUT2D eigenvalue weighted by molar-refractivity contribution is 0.0420. The molecular formula is C29H26ClN3O6. The number of benzene rings is 2. The zero-order chi connectivity index (χ0) is 28.2. The Bertz CT molecular complexity index is 1740. The fourth-order valence-electron chi connectivity index (χ4n) is 4.81. The number of nitrogens with two attached hydrogens (primary N) is 1. The number of pyridine rings is 1. The van der Waals surface area contributed by atoms with Crippen LogP contribution < -0.4 is 21.2 Å². The van der Waals surface area contributed by atoms with Crippen LogP contribution in [0.15, 0.2) is 51.7 Å². The van der Waals surface area contributed by atoms with E-state index in [2.05, 4.69) is 10.3 Å². The van der Waals surface area contributed by atoms with Crippen LogP contribution in [0.1, 0.15) is 59.6 Å². The summed E-state index contributed by atoms with van der Waals surface area (Å²) < 4.78 is 18.0. The molecule has 0 bridgehead atoms. The summed E-state index contributed by atoms with van der Waals surface area (Å²) in [7, 11) is 0. The highest BCUT2D eigenvalue weighted by atomic mass is 35.5. The molecule has 9 nitrogen and oxygen atoms in total. The summed E-state index contributed by atoms with van der Waals surface area (Å²) in [6.07, 6.45) is -1.18. The number of nitrogens with zero attached hydrogens (tertiary/aromatic N) is 1. The third kappa shape index (κ3) is 4.70. The molecule has 0 saturated heterocycles. The lowest BCUT2D eigenvalue weighted by atomic mass is 9.91. The number of hydrogen-bond acceptors (Lipinski definition) is 7. The van der Waals surface area contributed by atoms with Gasteiger partial charge in [-0.15, -0.1) is 0 Å². The van der Waals surface area contributed by atoms with E-state index < -0.39 is 23.7 Å². The number of anilines is 1. The first-order valence-corrected chi connectivity index (χ1v) is 12.6. The van der Waals surface area contributed by atoms with Gasteiger partial charge in [0, 0.05) is 22.3 Å². The summed E-state index contributed by atoms with van der Waals surface area (Å²) in [5.41, 5.74) is 8.55. The van der Waals surface area contributed by atoms with Gasteiger partial charge >= 0.3 is 6.09 Å². The Hall–Kier alpha value is -4.37. The van der Waals surface area contributed by atoms with E-state index in [1.165, 1.54) is 12.1 Å². The van der Waals surface area contributed by atoms with Gasteiger partial charge in [0.15, 0.2) is 16.9 Å². The van der Waals surface area contributed by atoms with Gasteiger partial charge in [0.1, 0.15) is 28.2 Å². The fraction of sp³-hybridized carbons (Fsp3) is 0.241. The summed E-state index contributed by atoms with van der Waals surface area (Å²) in [5.74, 6) is -0.247. The van der Waals surface area contributed by atoms with Gasteiger partial charge in [-0.1, -0.05) is 11.6 Å². The number of halogens is 1. The number of rotatable bonds is 5. The summed E-state index contributed by atoms with van der Waals surface area (Å²) >= 11 is 5.94. The Kier molecular flexibility index (Phi) is 6.34. The van der Waals surface area contributed by atoms with Gasteiger partial charge in [-0.25, -0.2) is 9.78 Å². The molecule has 3 heterocycles. The highest BCUT2D eigenvalue weighted by Gasteiger charge is 2.34. The van der Waals surface area contributed by atoms with Crippen molar-refractivity contribution in [1.29, 1.82) is 0 Å². The molecule has 39 heavy (non-hydrogen) atoms. The van der Waals surface area contributed by atoms with Crippen LogP contribution in [0.4, 0.5) is 10.5 Å². The van der Waals surface area contributed by atoms with Gasteiger partial charge in [-0.2, -0.15) is 0 Å². The van der Waals surface area contributed by atoms with Crippen molar-refractivity contribution in [2.45, 2.75) is 46.3 Å². The number of hydrogen-bond donors (Lipinski definition) is 2. The molecule has 0 radical (unpaired) electrons. The van der Waals surface area contributed by atoms with E-state index in [0.29, 0.717) is 39.1 Å². The molecule has 10 heteroatoms. The van der Waals surface area contributed by atoms with Crippen LogP contribution in [0.2, 0.25) is 5.15 Å². The lowest BCUT2D eigenvalue weighted by Gasteiger charge is -2.32. The quantitative estimate of drug-likeness (QED) is 0.286. The summed E-state index contributed by atoms with van der Waals surface area (Å²) in [6.45, 7) is 8.95. The van der Waals surface area contributed by atoms with Crippen molar-refractivity contribution in [3.05, 3.63) is 85.8 Å². The summed E-state index contributed by atoms with van der Waals surface area (Å²) in [6, 6.07) is 12.0. The van der Waals surface area contributed by atoms with E-state index in [1.807, 2.05) is 19.1 Å². The maximum atomic E-state index is 13.6. The average Bonchev–Trinajstić information content (AvgIpc) is 2.86. The van der Waals surface area contributed by atoms with Crippen LogP contribution >= 0.6 is 11.6 Å². The van der Waals surface area contributed by atoms with Crippen LogP contribution in [-0.4, -0.2) is 17.0 Å². The minimum atomic E-state index is -0.881. The Balaban J connectivity index is 1.66. The molecule has 0 fully saturated rings. The topological polar surface area (TPSA) is 134 Å². The number of carbonyl (C=O) groups is 2. The smallest absolute Gasteiger partial charge is 0.412 e. The van der Waals surface area contributed by atoms with Gasteiger partial charge in [0.25, 0.3) is 5.91 Å². The second kappa shape index (κ2) is 9.43. The molecule has 4 aromatic rings. The first-order valence-electron chi connectivity index (χ1n) is 12.2. The number of cyclic esters (lactones) is 1. The standard InChI is InChI=1S/C29H26ClN3O6/c1-13-10-17(15(3)37-21-8-9-22(30)33-23(21)27(31)35)26-18(11-13)24(34)14(2)25(38-26)16-6-7-20-19(12-16)29(4,5)39-28(36)32-20/h6-12,15H,1-5H3,(H2,31,35)(H,32,36). The molecule has 1 aliphatic heterocycles. The Morgan fingerprint density at radius 3 is 2.59 bits per heavy atom. The first kappa shape index (κ1) is 26.2. The van der Waals surface area contributed by atoms with Crippen molar-refractivity contribution in [3.63, 3.8) is 0 Å². The average molecular weight is 548 g/mol. The van der Waals surface area contributed by atoms with Crippen molar-refractivity contribution in [1.82, 2.24) is 4.98 Å². The van der Waals surface area contributed by atoms with Crippen molar-refractivity contribution in [2.75, 3.05) is 5.32 Å². The number of primary amides is 1. The second-order valence-corrected chi connectivity index (χ2v) is 10.4. The predicted octanol–water partition coefficient (Wildman–Crippen LogP) is 6.16. The van der Waals surface area contributed by atoms with Gasteiger partial charge in [0.05, 0.1) is 11.1 Å². The highest BCUT2D eigenvalue weighted by molar-refractivity contribution is 6.29. The molecule has 3 N–H and O–H groups in total. The van der Waals surface area contributed by atoms with Crippen molar-refractivity contribution in [3.8, 4) is 17.1 Å². The van der Waals surface area contributed by atoms with Crippen molar-refractivity contribution >= 4 is 40.3 Å². The van der Waals surface area contributed by atoms with E-state index in [-0.39, 0.29) is 22.0 Å². The molecule has 1 aliphatic rings. The van der Waals surface area contributed by atoms with E-state index >= 15 is 0 Å². The Morgan fingerprint density at radius 2 is 1.87 bits per heavy atom. The summed E-state index contributed by atoms with van der Waals surface area (Å²) in [5, 5.41) is 3.21. The van der Waals surface area contributed by atoms with E-state index in [1.54, 1.807) is 45.9 Å². The molecule has 2 aromatic carbocycles. The Labute approximate surface area is 228 Å². The molecule has 200 valence electrons. The zero-order valence-corrected chi connectivity index (χ0v) is 22.7. The van der Waals surface area contributed by atoms with Gasteiger partial charge in [-0.3, -0.25) is 14.9 Å². The largest absolute Gasteiger partial charge is 0.483 e. The number of aryl methyl sites for hydroxylation is 1. The van der Waals surface area contributed by atoms with Crippen molar-refractivity contribution in [2.24, 2.45) is 5.73 Å². The number of ether oxygens (including phenoxy) is 2. The molecule has 1 unspecified atom stereocenters. The summed E-state index contributed by atoms with van der Waals surface area (Å²) in [4.78, 5) is 41.4. The van der Waals surface area contributed by atoms with E-state index in [0.717, 1.165) is 11.1 Å². The van der Waals surface area contributed by atoms with E-state index in [9.17, 15) is 14.4 Å². The van der Waals surface area contributed by atoms with Gasteiger partial charge < -0.3 is 19.6 Å². The number of nitrogens with one attached hydrogen (secondary N) is 1. The maximum Gasteiger partial charge on any atom is 0.412 e. The van der Waals surface area contributed by atoms with Crippen LogP contribution in [-0.2, 0) is 10.3 Å². The molecule has 0 saturated carbocycles. The molecule has 0 aliphatic carbocycles.